The van der Waals surface area contributed by atoms with Gasteiger partial charge in [-0.1, -0.05) is 53.5 Å². The van der Waals surface area contributed by atoms with E-state index in [1.807, 2.05) is 30.3 Å². The molecule has 3 aromatic rings. The van der Waals surface area contributed by atoms with E-state index >= 15 is 0 Å². The van der Waals surface area contributed by atoms with Crippen molar-refractivity contribution in [2.24, 2.45) is 0 Å². The molecule has 0 saturated carbocycles. The van der Waals surface area contributed by atoms with Crippen LogP contribution in [0.15, 0.2) is 42.7 Å². The topological polar surface area (TPSA) is 46.0 Å². The van der Waals surface area contributed by atoms with E-state index in [1.54, 1.807) is 6.07 Å². The van der Waals surface area contributed by atoms with Crippen LogP contribution in [0.4, 0.5) is 0 Å². The maximum Gasteiger partial charge on any atom is 0.141 e. The summed E-state index contributed by atoms with van der Waals surface area (Å²) in [6, 6.07) is 11.2. The highest BCUT2D eigenvalue weighted by Gasteiger charge is 2.16. The van der Waals surface area contributed by atoms with E-state index in [2.05, 4.69) is 9.97 Å². The largest absolute Gasteiger partial charge is 0.507 e. The highest BCUT2D eigenvalue weighted by atomic mass is 35.5. The fourth-order valence-corrected chi connectivity index (χ4v) is 2.54. The van der Waals surface area contributed by atoms with Gasteiger partial charge in [0.05, 0.1) is 5.56 Å². The van der Waals surface area contributed by atoms with Crippen LogP contribution in [-0.4, -0.2) is 15.1 Å². The molecule has 2 aromatic carbocycles. The number of aromatic nitrogens is 2. The predicted molar refractivity (Wildman–Crippen MR) is 76.7 cm³/mol. The van der Waals surface area contributed by atoms with Crippen molar-refractivity contribution in [3.8, 4) is 16.9 Å². The van der Waals surface area contributed by atoms with Gasteiger partial charge in [0.1, 0.15) is 22.4 Å². The molecule has 0 saturated heterocycles. The molecule has 3 rings (SSSR count). The first-order chi connectivity index (χ1) is 9.18. The monoisotopic (exact) mass is 290 g/mol. The summed E-state index contributed by atoms with van der Waals surface area (Å²) in [7, 11) is 0. The van der Waals surface area contributed by atoms with Gasteiger partial charge >= 0.3 is 0 Å². The van der Waals surface area contributed by atoms with Crippen molar-refractivity contribution < 1.29 is 5.11 Å². The third kappa shape index (κ3) is 2.01. The van der Waals surface area contributed by atoms with E-state index in [-0.39, 0.29) is 16.1 Å². The van der Waals surface area contributed by atoms with Crippen molar-refractivity contribution in [1.29, 1.82) is 0 Å². The highest BCUT2D eigenvalue weighted by Crippen LogP contribution is 2.40. The van der Waals surface area contributed by atoms with Crippen molar-refractivity contribution in [1.82, 2.24) is 9.97 Å². The van der Waals surface area contributed by atoms with Crippen LogP contribution in [0.2, 0.25) is 10.3 Å². The van der Waals surface area contributed by atoms with E-state index in [0.717, 1.165) is 10.8 Å². The average Bonchev–Trinajstić information content (AvgIpc) is 2.41. The number of halogens is 2. The molecule has 0 atom stereocenters. The maximum atomic E-state index is 10.4. The Morgan fingerprint density at radius 2 is 1.58 bits per heavy atom. The number of rotatable bonds is 1. The molecule has 0 aliphatic heterocycles. The summed E-state index contributed by atoms with van der Waals surface area (Å²) >= 11 is 12.1. The lowest BCUT2D eigenvalue weighted by Crippen LogP contribution is -1.89. The smallest absolute Gasteiger partial charge is 0.141 e. The number of hydrogen-bond acceptors (Lipinski definition) is 3. The summed E-state index contributed by atoms with van der Waals surface area (Å²) in [6.07, 6.45) is 1.28. The van der Waals surface area contributed by atoms with E-state index in [4.69, 9.17) is 23.2 Å². The number of fused-ring (bicyclic) bond motifs is 1. The summed E-state index contributed by atoms with van der Waals surface area (Å²) < 4.78 is 0. The van der Waals surface area contributed by atoms with E-state index in [0.29, 0.717) is 11.1 Å². The van der Waals surface area contributed by atoms with Gasteiger partial charge in [0.15, 0.2) is 0 Å². The molecule has 1 aromatic heterocycles. The van der Waals surface area contributed by atoms with Crippen LogP contribution >= 0.6 is 23.2 Å². The lowest BCUT2D eigenvalue weighted by molar-refractivity contribution is 0.483. The van der Waals surface area contributed by atoms with Gasteiger partial charge in [0.25, 0.3) is 0 Å². The minimum Gasteiger partial charge on any atom is -0.507 e. The molecule has 0 radical (unpaired) electrons. The zero-order valence-electron chi connectivity index (χ0n) is 9.64. The fraction of sp³-hybridized carbons (Fsp3) is 0. The Hall–Kier alpha value is -1.84. The minimum absolute atomic E-state index is 0.122. The minimum atomic E-state index is 0.122. The number of hydrogen-bond donors (Lipinski definition) is 1. The lowest BCUT2D eigenvalue weighted by Gasteiger charge is -2.10. The Bertz CT molecular complexity index is 754. The zero-order chi connectivity index (χ0) is 13.4. The summed E-state index contributed by atoms with van der Waals surface area (Å²) in [5.74, 6) is 0.122. The van der Waals surface area contributed by atoms with Crippen LogP contribution in [-0.2, 0) is 0 Å². The summed E-state index contributed by atoms with van der Waals surface area (Å²) in [5, 5.41) is 12.5. The van der Waals surface area contributed by atoms with Gasteiger partial charge in [-0.15, -0.1) is 0 Å². The van der Waals surface area contributed by atoms with Crippen LogP contribution in [0, 0.1) is 0 Å². The molecule has 19 heavy (non-hydrogen) atoms. The Kier molecular flexibility index (Phi) is 3.01. The molecule has 0 unspecified atom stereocenters. The van der Waals surface area contributed by atoms with Gasteiger partial charge < -0.3 is 5.11 Å². The Labute approximate surface area is 119 Å². The summed E-state index contributed by atoms with van der Waals surface area (Å²) in [6.45, 7) is 0. The predicted octanol–water partition coefficient (Wildman–Crippen LogP) is 4.31. The molecule has 0 spiro atoms. The van der Waals surface area contributed by atoms with Crippen molar-refractivity contribution in [3.05, 3.63) is 53.0 Å². The molecule has 1 N–H and O–H groups in total. The third-order valence-electron chi connectivity index (χ3n) is 2.92. The molecule has 3 nitrogen and oxygen atoms in total. The van der Waals surface area contributed by atoms with Crippen LogP contribution < -0.4 is 0 Å². The Balaban J connectivity index is 2.35. The van der Waals surface area contributed by atoms with Gasteiger partial charge in [-0.05, 0) is 11.5 Å². The molecule has 1 heterocycles. The van der Waals surface area contributed by atoms with Gasteiger partial charge in [0.2, 0.25) is 0 Å². The number of benzene rings is 2. The molecule has 94 valence electrons. The first-order valence-corrected chi connectivity index (χ1v) is 6.31. The van der Waals surface area contributed by atoms with Crippen molar-refractivity contribution in [2.75, 3.05) is 0 Å². The molecule has 0 aliphatic rings. The molecule has 0 bridgehead atoms. The molecule has 0 aliphatic carbocycles. The summed E-state index contributed by atoms with van der Waals surface area (Å²) in [5.41, 5.74) is 0.961. The SMILES string of the molecule is Oc1c(-c2c(Cl)ncnc2Cl)ccc2ccccc12. The average molecular weight is 291 g/mol. The standard InChI is InChI=1S/C14H8Cl2N2O/c15-13-11(14(16)18-7-17-13)10-6-5-8-3-1-2-4-9(8)12(10)19/h1-7,19H. The van der Waals surface area contributed by atoms with Gasteiger partial charge in [-0.3, -0.25) is 0 Å². The molecule has 0 fully saturated rings. The molecular weight excluding hydrogens is 283 g/mol. The second kappa shape index (κ2) is 4.68. The van der Waals surface area contributed by atoms with Crippen molar-refractivity contribution >= 4 is 34.0 Å². The van der Waals surface area contributed by atoms with Crippen molar-refractivity contribution in [3.63, 3.8) is 0 Å². The van der Waals surface area contributed by atoms with Gasteiger partial charge in [0, 0.05) is 10.9 Å². The van der Waals surface area contributed by atoms with Gasteiger partial charge in [-0.25, -0.2) is 9.97 Å². The Morgan fingerprint density at radius 3 is 2.32 bits per heavy atom. The first-order valence-electron chi connectivity index (χ1n) is 5.55. The zero-order valence-corrected chi connectivity index (χ0v) is 11.2. The highest BCUT2D eigenvalue weighted by molar-refractivity contribution is 6.37. The maximum absolute atomic E-state index is 10.4. The second-order valence-electron chi connectivity index (χ2n) is 4.01. The van der Waals surface area contributed by atoms with Crippen LogP contribution in [0.5, 0.6) is 5.75 Å². The van der Waals surface area contributed by atoms with Crippen LogP contribution in [0.1, 0.15) is 0 Å². The van der Waals surface area contributed by atoms with Crippen molar-refractivity contribution in [2.45, 2.75) is 0 Å². The normalized spacial score (nSPS) is 10.8. The van der Waals surface area contributed by atoms with E-state index < -0.39 is 0 Å². The number of phenols is 1. The number of phenolic OH excluding ortho intramolecular Hbond substituents is 1. The molecule has 0 amide bonds. The summed E-state index contributed by atoms with van der Waals surface area (Å²) in [4.78, 5) is 7.79. The lowest BCUT2D eigenvalue weighted by atomic mass is 10.0. The second-order valence-corrected chi connectivity index (χ2v) is 4.73. The van der Waals surface area contributed by atoms with E-state index in [9.17, 15) is 5.11 Å². The Morgan fingerprint density at radius 1 is 0.895 bits per heavy atom. The number of nitrogens with zero attached hydrogens (tertiary/aromatic N) is 2. The third-order valence-corrected chi connectivity index (χ3v) is 3.50. The molecular formula is C14H8Cl2N2O. The van der Waals surface area contributed by atoms with Crippen LogP contribution in [0.25, 0.3) is 21.9 Å². The van der Waals surface area contributed by atoms with E-state index in [1.165, 1.54) is 6.33 Å². The van der Waals surface area contributed by atoms with Gasteiger partial charge in [-0.2, -0.15) is 0 Å². The fourth-order valence-electron chi connectivity index (χ4n) is 2.02. The quantitative estimate of drug-likeness (QED) is 0.679. The first kappa shape index (κ1) is 12.2. The van der Waals surface area contributed by atoms with Crippen LogP contribution in [0.3, 0.4) is 0 Å². The molecule has 5 heteroatoms. The number of aromatic hydroxyl groups is 1.